The van der Waals surface area contributed by atoms with Crippen LogP contribution in [0.5, 0.6) is 5.75 Å². The maximum atomic E-state index is 13.4. The SMILES string of the molecule is COCCCc1cc(CN(C(=O)C(C=N)Cc2cccnc2)C2CC2)cc(OCCOC)c1. The van der Waals surface area contributed by atoms with E-state index in [1.54, 1.807) is 26.6 Å². The molecule has 1 heterocycles. The third-order valence-electron chi connectivity index (χ3n) is 5.72. The van der Waals surface area contributed by atoms with Crippen LogP contribution in [0.25, 0.3) is 0 Å². The highest BCUT2D eigenvalue weighted by Crippen LogP contribution is 2.31. The third-order valence-corrected chi connectivity index (χ3v) is 5.72. The molecule has 1 aromatic carbocycles. The van der Waals surface area contributed by atoms with Crippen LogP contribution in [0.4, 0.5) is 0 Å². The number of rotatable bonds is 15. The Morgan fingerprint density at radius 3 is 2.61 bits per heavy atom. The van der Waals surface area contributed by atoms with Crippen LogP contribution in [-0.4, -0.2) is 62.1 Å². The van der Waals surface area contributed by atoms with Gasteiger partial charge in [-0.1, -0.05) is 12.1 Å². The Morgan fingerprint density at radius 1 is 1.15 bits per heavy atom. The van der Waals surface area contributed by atoms with E-state index in [0.29, 0.717) is 32.8 Å². The van der Waals surface area contributed by atoms with Gasteiger partial charge in [0.15, 0.2) is 0 Å². The summed E-state index contributed by atoms with van der Waals surface area (Å²) in [7, 11) is 3.36. The maximum Gasteiger partial charge on any atom is 0.231 e. The average Bonchev–Trinajstić information content (AvgIpc) is 3.67. The van der Waals surface area contributed by atoms with E-state index < -0.39 is 5.92 Å². The zero-order chi connectivity index (χ0) is 23.5. The molecule has 1 aliphatic rings. The van der Waals surface area contributed by atoms with Crippen molar-refractivity contribution in [3.05, 3.63) is 59.4 Å². The number of methoxy groups -OCH3 is 2. The number of amides is 1. The summed E-state index contributed by atoms with van der Waals surface area (Å²) in [5.74, 6) is 0.305. The topological polar surface area (TPSA) is 84.7 Å². The monoisotopic (exact) mass is 453 g/mol. The van der Waals surface area contributed by atoms with Crippen molar-refractivity contribution in [2.75, 3.05) is 34.0 Å². The summed E-state index contributed by atoms with van der Waals surface area (Å²) >= 11 is 0. The molecule has 1 amide bonds. The van der Waals surface area contributed by atoms with Crippen molar-refractivity contribution in [2.24, 2.45) is 5.92 Å². The lowest BCUT2D eigenvalue weighted by atomic mass is 9.99. The van der Waals surface area contributed by atoms with E-state index in [1.807, 2.05) is 23.1 Å². The second-order valence-electron chi connectivity index (χ2n) is 8.46. The van der Waals surface area contributed by atoms with Crippen LogP contribution in [0.1, 0.15) is 36.0 Å². The molecule has 1 unspecified atom stereocenters. The van der Waals surface area contributed by atoms with Crippen molar-refractivity contribution < 1.29 is 19.0 Å². The number of carbonyl (C=O) groups excluding carboxylic acids is 1. The molecule has 2 aromatic rings. The number of carbonyl (C=O) groups is 1. The summed E-state index contributed by atoms with van der Waals surface area (Å²) in [5, 5.41) is 7.89. The molecule has 7 heteroatoms. The van der Waals surface area contributed by atoms with E-state index in [9.17, 15) is 4.79 Å². The van der Waals surface area contributed by atoms with Crippen LogP contribution in [-0.2, 0) is 33.7 Å². The van der Waals surface area contributed by atoms with Crippen LogP contribution in [0.15, 0.2) is 42.7 Å². The highest BCUT2D eigenvalue weighted by atomic mass is 16.5. The van der Waals surface area contributed by atoms with Gasteiger partial charge in [-0.2, -0.15) is 0 Å². The normalized spacial score (nSPS) is 14.0. The standard InChI is InChI=1S/C26H35N3O4/c1-31-10-4-6-20-13-22(16-25(15-20)33-12-11-32-2)19-29(24-7-8-24)26(30)23(17-27)14-21-5-3-9-28-18-21/h3,5,9,13,15-18,23-24,27H,4,6-8,10-12,14,19H2,1-2H3. The number of aromatic nitrogens is 1. The molecular weight excluding hydrogens is 418 g/mol. The first kappa shape index (κ1) is 24.9. The molecule has 1 aromatic heterocycles. The van der Waals surface area contributed by atoms with Crippen molar-refractivity contribution in [1.82, 2.24) is 9.88 Å². The summed E-state index contributed by atoms with van der Waals surface area (Å²) in [6, 6.07) is 10.3. The van der Waals surface area contributed by atoms with E-state index >= 15 is 0 Å². The molecule has 1 saturated carbocycles. The molecule has 0 bridgehead atoms. The lowest BCUT2D eigenvalue weighted by Crippen LogP contribution is -2.38. The number of hydrogen-bond acceptors (Lipinski definition) is 6. The molecule has 0 radical (unpaired) electrons. The minimum Gasteiger partial charge on any atom is -0.491 e. The first-order valence-corrected chi connectivity index (χ1v) is 11.6. The molecule has 3 rings (SSSR count). The first-order valence-electron chi connectivity index (χ1n) is 11.6. The van der Waals surface area contributed by atoms with Crippen LogP contribution in [0, 0.1) is 11.3 Å². The van der Waals surface area contributed by atoms with Gasteiger partial charge in [0.25, 0.3) is 0 Å². The van der Waals surface area contributed by atoms with Crippen molar-refractivity contribution in [1.29, 1.82) is 5.41 Å². The Labute approximate surface area is 196 Å². The van der Waals surface area contributed by atoms with E-state index in [0.717, 1.165) is 42.6 Å². The summed E-state index contributed by atoms with van der Waals surface area (Å²) in [6.45, 7) is 2.21. The van der Waals surface area contributed by atoms with Gasteiger partial charge < -0.3 is 24.5 Å². The van der Waals surface area contributed by atoms with E-state index in [2.05, 4.69) is 17.1 Å². The maximum absolute atomic E-state index is 13.4. The fourth-order valence-corrected chi connectivity index (χ4v) is 3.88. The molecule has 7 nitrogen and oxygen atoms in total. The molecule has 0 aliphatic heterocycles. The van der Waals surface area contributed by atoms with Gasteiger partial charge in [0, 0.05) is 52.0 Å². The van der Waals surface area contributed by atoms with Gasteiger partial charge in [-0.25, -0.2) is 0 Å². The van der Waals surface area contributed by atoms with E-state index in [1.165, 1.54) is 11.8 Å². The lowest BCUT2D eigenvalue weighted by Gasteiger charge is -2.26. The van der Waals surface area contributed by atoms with Crippen LogP contribution in [0.2, 0.25) is 0 Å². The Kier molecular flexibility index (Phi) is 9.84. The molecule has 33 heavy (non-hydrogen) atoms. The Balaban J connectivity index is 1.76. The molecule has 1 fully saturated rings. The second-order valence-corrected chi connectivity index (χ2v) is 8.46. The van der Waals surface area contributed by atoms with Crippen LogP contribution >= 0.6 is 0 Å². The summed E-state index contributed by atoms with van der Waals surface area (Å²) in [6.07, 6.45) is 9.05. The smallest absolute Gasteiger partial charge is 0.231 e. The molecule has 178 valence electrons. The van der Waals surface area contributed by atoms with Crippen molar-refractivity contribution in [2.45, 2.75) is 44.7 Å². The zero-order valence-electron chi connectivity index (χ0n) is 19.7. The number of aryl methyl sites for hydroxylation is 1. The predicted molar refractivity (Wildman–Crippen MR) is 128 cm³/mol. The summed E-state index contributed by atoms with van der Waals surface area (Å²) in [5.41, 5.74) is 3.17. The zero-order valence-corrected chi connectivity index (χ0v) is 19.7. The van der Waals surface area contributed by atoms with Gasteiger partial charge in [0.05, 0.1) is 12.5 Å². The summed E-state index contributed by atoms with van der Waals surface area (Å²) < 4.78 is 16.2. The molecule has 1 aliphatic carbocycles. The number of hydrogen-bond donors (Lipinski definition) is 1. The number of benzene rings is 1. The highest BCUT2D eigenvalue weighted by Gasteiger charge is 2.35. The van der Waals surface area contributed by atoms with E-state index in [4.69, 9.17) is 19.6 Å². The fourth-order valence-electron chi connectivity index (χ4n) is 3.88. The van der Waals surface area contributed by atoms with Gasteiger partial charge in [0.2, 0.25) is 5.91 Å². The second kappa shape index (κ2) is 13.1. The van der Waals surface area contributed by atoms with Crippen molar-refractivity contribution in [3.63, 3.8) is 0 Å². The fraction of sp³-hybridized carbons (Fsp3) is 0.500. The Bertz CT molecular complexity index is 858. The molecular formula is C26H35N3O4. The van der Waals surface area contributed by atoms with Crippen LogP contribution in [0.3, 0.4) is 0 Å². The molecule has 1 atom stereocenters. The molecule has 0 saturated heterocycles. The van der Waals surface area contributed by atoms with E-state index in [-0.39, 0.29) is 11.9 Å². The van der Waals surface area contributed by atoms with Gasteiger partial charge in [-0.05, 0) is 67.0 Å². The Hall–Kier alpha value is -2.77. The number of nitrogens with zero attached hydrogens (tertiary/aromatic N) is 2. The number of ether oxygens (including phenoxy) is 3. The van der Waals surface area contributed by atoms with Crippen molar-refractivity contribution in [3.8, 4) is 5.75 Å². The van der Waals surface area contributed by atoms with Gasteiger partial charge in [-0.15, -0.1) is 0 Å². The predicted octanol–water partition coefficient (Wildman–Crippen LogP) is 3.69. The highest BCUT2D eigenvalue weighted by molar-refractivity contribution is 5.93. The molecule has 1 N–H and O–H groups in total. The molecule has 0 spiro atoms. The van der Waals surface area contributed by atoms with Crippen molar-refractivity contribution >= 4 is 12.1 Å². The third kappa shape index (κ3) is 7.94. The van der Waals surface area contributed by atoms with Gasteiger partial charge >= 0.3 is 0 Å². The lowest BCUT2D eigenvalue weighted by molar-refractivity contribution is -0.134. The minimum absolute atomic E-state index is 0.00277. The average molecular weight is 454 g/mol. The van der Waals surface area contributed by atoms with Gasteiger partial charge in [-0.3, -0.25) is 9.78 Å². The summed E-state index contributed by atoms with van der Waals surface area (Å²) in [4.78, 5) is 19.5. The van der Waals surface area contributed by atoms with Gasteiger partial charge in [0.1, 0.15) is 12.4 Å². The quantitative estimate of drug-likeness (QED) is 0.328. The number of pyridine rings is 1. The Morgan fingerprint density at radius 2 is 1.94 bits per heavy atom. The van der Waals surface area contributed by atoms with Crippen LogP contribution < -0.4 is 4.74 Å². The largest absolute Gasteiger partial charge is 0.491 e. The first-order chi connectivity index (χ1) is 16.1. The minimum atomic E-state index is -0.489. The number of nitrogens with one attached hydrogen (secondary N) is 1.